The zero-order valence-electron chi connectivity index (χ0n) is 18.9. The van der Waals surface area contributed by atoms with Crippen LogP contribution in [0.25, 0.3) is 0 Å². The van der Waals surface area contributed by atoms with Gasteiger partial charge in [-0.05, 0) is 36.6 Å². The van der Waals surface area contributed by atoms with Gasteiger partial charge in [-0.1, -0.05) is 44.2 Å². The molecule has 9 nitrogen and oxygen atoms in total. The fraction of sp³-hybridized carbons (Fsp3) is 0.333. The highest BCUT2D eigenvalue weighted by Crippen LogP contribution is 2.16. The van der Waals surface area contributed by atoms with E-state index in [0.29, 0.717) is 13.1 Å². The van der Waals surface area contributed by atoms with E-state index in [2.05, 4.69) is 21.3 Å². The molecule has 9 heteroatoms. The molecule has 0 atom stereocenters. The lowest BCUT2D eigenvalue weighted by Gasteiger charge is -2.12. The SMILES string of the molecule is CCCNC(=O)c1cc(NC(=O)CNC(=O)OCc2ccccc2)cc(C(=O)NCCC)c1. The van der Waals surface area contributed by atoms with Crippen LogP contribution < -0.4 is 21.3 Å². The molecule has 33 heavy (non-hydrogen) atoms. The largest absolute Gasteiger partial charge is 0.445 e. The molecule has 0 aliphatic rings. The third-order valence-electron chi connectivity index (χ3n) is 4.42. The summed E-state index contributed by atoms with van der Waals surface area (Å²) in [6.07, 6.45) is 0.789. The molecule has 0 bridgehead atoms. The van der Waals surface area contributed by atoms with E-state index in [-0.39, 0.29) is 41.8 Å². The molecule has 176 valence electrons. The predicted octanol–water partition coefficient (Wildman–Crippen LogP) is 2.83. The van der Waals surface area contributed by atoms with Crippen LogP contribution in [0.15, 0.2) is 48.5 Å². The van der Waals surface area contributed by atoms with Crippen LogP contribution >= 0.6 is 0 Å². The number of nitrogens with one attached hydrogen (secondary N) is 4. The Hall–Kier alpha value is -3.88. The van der Waals surface area contributed by atoms with E-state index in [4.69, 9.17) is 4.74 Å². The number of benzene rings is 2. The fourth-order valence-corrected chi connectivity index (χ4v) is 2.77. The Morgan fingerprint density at radius 2 is 1.36 bits per heavy atom. The highest BCUT2D eigenvalue weighted by molar-refractivity contribution is 6.03. The molecular weight excluding hydrogens is 424 g/mol. The monoisotopic (exact) mass is 454 g/mol. The van der Waals surface area contributed by atoms with Crippen molar-refractivity contribution in [2.24, 2.45) is 0 Å². The van der Waals surface area contributed by atoms with Crippen molar-refractivity contribution in [2.45, 2.75) is 33.3 Å². The lowest BCUT2D eigenvalue weighted by Crippen LogP contribution is -2.33. The molecule has 0 saturated carbocycles. The van der Waals surface area contributed by atoms with Crippen LogP contribution in [0, 0.1) is 0 Å². The number of hydrogen-bond donors (Lipinski definition) is 4. The minimum absolute atomic E-state index is 0.0828. The molecule has 2 aromatic carbocycles. The zero-order chi connectivity index (χ0) is 24.1. The summed E-state index contributed by atoms with van der Waals surface area (Å²) >= 11 is 0. The first kappa shape index (κ1) is 25.4. The van der Waals surface area contributed by atoms with E-state index in [1.54, 1.807) is 0 Å². The molecular formula is C24H30N4O5. The average Bonchev–Trinajstić information content (AvgIpc) is 2.83. The van der Waals surface area contributed by atoms with Gasteiger partial charge >= 0.3 is 6.09 Å². The van der Waals surface area contributed by atoms with Crippen molar-refractivity contribution in [1.29, 1.82) is 0 Å². The molecule has 0 heterocycles. The number of alkyl carbamates (subject to hydrolysis) is 1. The van der Waals surface area contributed by atoms with E-state index < -0.39 is 12.0 Å². The average molecular weight is 455 g/mol. The summed E-state index contributed by atoms with van der Waals surface area (Å²) in [4.78, 5) is 49.0. The van der Waals surface area contributed by atoms with Gasteiger partial charge in [0.25, 0.3) is 11.8 Å². The number of amides is 4. The maximum absolute atomic E-state index is 12.4. The maximum Gasteiger partial charge on any atom is 0.407 e. The Morgan fingerprint density at radius 3 is 1.91 bits per heavy atom. The first-order valence-corrected chi connectivity index (χ1v) is 10.9. The van der Waals surface area contributed by atoms with Gasteiger partial charge in [-0.15, -0.1) is 0 Å². The van der Waals surface area contributed by atoms with Crippen molar-refractivity contribution >= 4 is 29.5 Å². The maximum atomic E-state index is 12.4. The second kappa shape index (κ2) is 13.5. The Balaban J connectivity index is 1.99. The standard InChI is InChI=1S/C24H30N4O5/c1-3-10-25-22(30)18-12-19(23(31)26-11-4-2)14-20(13-18)28-21(29)15-27-24(32)33-16-17-8-6-5-7-9-17/h5-9,12-14H,3-4,10-11,15-16H2,1-2H3,(H,25,30)(H,26,31)(H,27,32)(H,28,29). The number of carbonyl (C=O) groups is 4. The summed E-state index contributed by atoms with van der Waals surface area (Å²) in [5, 5.41) is 10.5. The van der Waals surface area contributed by atoms with Crippen LogP contribution in [0.2, 0.25) is 0 Å². The van der Waals surface area contributed by atoms with Gasteiger partial charge in [0, 0.05) is 29.9 Å². The van der Waals surface area contributed by atoms with Crippen molar-refractivity contribution < 1.29 is 23.9 Å². The van der Waals surface area contributed by atoms with Crippen LogP contribution in [0.1, 0.15) is 53.0 Å². The van der Waals surface area contributed by atoms with Crippen LogP contribution in [0.5, 0.6) is 0 Å². The summed E-state index contributed by atoms with van der Waals surface area (Å²) < 4.78 is 5.07. The van der Waals surface area contributed by atoms with Gasteiger partial charge in [0.2, 0.25) is 5.91 Å². The van der Waals surface area contributed by atoms with Gasteiger partial charge in [0.1, 0.15) is 13.2 Å². The van der Waals surface area contributed by atoms with Gasteiger partial charge in [0.05, 0.1) is 0 Å². The third kappa shape index (κ3) is 9.02. The van der Waals surface area contributed by atoms with Crippen LogP contribution in [0.4, 0.5) is 10.5 Å². The topological polar surface area (TPSA) is 126 Å². The lowest BCUT2D eigenvalue weighted by atomic mass is 10.1. The lowest BCUT2D eigenvalue weighted by molar-refractivity contribution is -0.115. The molecule has 0 aliphatic carbocycles. The van der Waals surface area contributed by atoms with Crippen LogP contribution in [-0.2, 0) is 16.1 Å². The van der Waals surface area contributed by atoms with E-state index in [1.165, 1.54) is 18.2 Å². The van der Waals surface area contributed by atoms with E-state index in [0.717, 1.165) is 18.4 Å². The summed E-state index contributed by atoms with van der Waals surface area (Å²) in [5.74, 6) is -1.22. The van der Waals surface area contributed by atoms with Crippen LogP contribution in [0.3, 0.4) is 0 Å². The van der Waals surface area contributed by atoms with E-state index in [1.807, 2.05) is 44.2 Å². The smallest absolute Gasteiger partial charge is 0.407 e. The molecule has 0 spiro atoms. The van der Waals surface area contributed by atoms with E-state index >= 15 is 0 Å². The Bertz CT molecular complexity index is 924. The van der Waals surface area contributed by atoms with Gasteiger partial charge in [-0.25, -0.2) is 4.79 Å². The number of hydrogen-bond acceptors (Lipinski definition) is 5. The van der Waals surface area contributed by atoms with Crippen molar-refractivity contribution in [1.82, 2.24) is 16.0 Å². The molecule has 0 saturated heterocycles. The summed E-state index contributed by atoms with van der Waals surface area (Å²) in [5.41, 5.74) is 1.59. The second-order valence-corrected chi connectivity index (χ2v) is 7.27. The molecule has 0 unspecified atom stereocenters. The number of anilines is 1. The molecule has 0 aromatic heterocycles. The first-order chi connectivity index (χ1) is 15.9. The molecule has 4 N–H and O–H groups in total. The Morgan fingerprint density at radius 1 is 0.788 bits per heavy atom. The number of carbonyl (C=O) groups excluding carboxylic acids is 4. The summed E-state index contributed by atoms with van der Waals surface area (Å²) in [6.45, 7) is 4.58. The minimum atomic E-state index is -0.735. The Labute approximate surface area is 193 Å². The zero-order valence-corrected chi connectivity index (χ0v) is 18.9. The van der Waals surface area contributed by atoms with Gasteiger partial charge < -0.3 is 26.0 Å². The molecule has 2 rings (SSSR count). The van der Waals surface area contributed by atoms with Gasteiger partial charge in [-0.2, -0.15) is 0 Å². The van der Waals surface area contributed by atoms with Crippen LogP contribution in [-0.4, -0.2) is 43.4 Å². The quantitative estimate of drug-likeness (QED) is 0.415. The number of ether oxygens (including phenoxy) is 1. The van der Waals surface area contributed by atoms with Gasteiger partial charge in [0.15, 0.2) is 0 Å². The molecule has 4 amide bonds. The molecule has 0 radical (unpaired) electrons. The van der Waals surface area contributed by atoms with Gasteiger partial charge in [-0.3, -0.25) is 14.4 Å². The number of rotatable bonds is 11. The second-order valence-electron chi connectivity index (χ2n) is 7.27. The molecule has 0 fully saturated rings. The highest BCUT2D eigenvalue weighted by Gasteiger charge is 2.14. The normalized spacial score (nSPS) is 10.1. The van der Waals surface area contributed by atoms with Crippen molar-refractivity contribution in [3.05, 3.63) is 65.2 Å². The van der Waals surface area contributed by atoms with Crippen molar-refractivity contribution in [3.8, 4) is 0 Å². The third-order valence-corrected chi connectivity index (χ3v) is 4.42. The Kier molecular flexibility index (Phi) is 10.4. The van der Waals surface area contributed by atoms with Crippen molar-refractivity contribution in [3.63, 3.8) is 0 Å². The summed E-state index contributed by atoms with van der Waals surface area (Å²) in [7, 11) is 0. The minimum Gasteiger partial charge on any atom is -0.445 e. The summed E-state index contributed by atoms with van der Waals surface area (Å²) in [6, 6.07) is 13.6. The first-order valence-electron chi connectivity index (χ1n) is 10.9. The molecule has 2 aromatic rings. The van der Waals surface area contributed by atoms with E-state index in [9.17, 15) is 19.2 Å². The molecule has 0 aliphatic heterocycles. The fourth-order valence-electron chi connectivity index (χ4n) is 2.77. The predicted molar refractivity (Wildman–Crippen MR) is 125 cm³/mol. The van der Waals surface area contributed by atoms with Crippen molar-refractivity contribution in [2.75, 3.05) is 25.0 Å². The highest BCUT2D eigenvalue weighted by atomic mass is 16.5.